The Balaban J connectivity index is 3.16. The van der Waals surface area contributed by atoms with E-state index in [2.05, 4.69) is 6.92 Å². The van der Waals surface area contributed by atoms with Gasteiger partial charge in [-0.3, -0.25) is 0 Å². The molecule has 2 N–H and O–H groups in total. The van der Waals surface area contributed by atoms with Crippen molar-refractivity contribution in [2.75, 3.05) is 7.11 Å². The number of hydrogen-bond donors (Lipinski definition) is 1. The van der Waals surface area contributed by atoms with Gasteiger partial charge in [-0.25, -0.2) is 0 Å². The van der Waals surface area contributed by atoms with Gasteiger partial charge in [-0.05, 0) is 43.0 Å². The zero-order valence-electron chi connectivity index (χ0n) is 9.51. The summed E-state index contributed by atoms with van der Waals surface area (Å²) >= 11 is 6.04. The van der Waals surface area contributed by atoms with E-state index < -0.39 is 0 Å². The number of rotatable bonds is 4. The quantitative estimate of drug-likeness (QED) is 0.859. The first-order chi connectivity index (χ1) is 7.08. The molecule has 2 nitrogen and oxygen atoms in total. The largest absolute Gasteiger partial charge is 0.496 e. The standard InChI is InChI=1S/C12H18ClNO/c1-4-9-6-11(13)7-10(5-8(2)14)12(9)15-3/h6-8H,4-5,14H2,1-3H3. The average Bonchev–Trinajstić information content (AvgIpc) is 2.15. The second-order valence-electron chi connectivity index (χ2n) is 3.79. The van der Waals surface area contributed by atoms with Crippen LogP contribution in [0.5, 0.6) is 5.75 Å². The number of halogens is 1. The molecular weight excluding hydrogens is 210 g/mol. The van der Waals surface area contributed by atoms with Crippen LogP contribution in [0.25, 0.3) is 0 Å². The number of methoxy groups -OCH3 is 1. The molecule has 0 radical (unpaired) electrons. The van der Waals surface area contributed by atoms with Gasteiger partial charge >= 0.3 is 0 Å². The Kier molecular flexibility index (Phi) is 4.43. The van der Waals surface area contributed by atoms with Gasteiger partial charge in [0.15, 0.2) is 0 Å². The third kappa shape index (κ3) is 3.11. The molecular formula is C12H18ClNO. The van der Waals surface area contributed by atoms with Crippen LogP contribution in [0, 0.1) is 0 Å². The van der Waals surface area contributed by atoms with Crippen molar-refractivity contribution in [3.05, 3.63) is 28.3 Å². The summed E-state index contributed by atoms with van der Waals surface area (Å²) in [6, 6.07) is 4.00. The molecule has 0 aromatic heterocycles. The van der Waals surface area contributed by atoms with Gasteiger partial charge in [-0.1, -0.05) is 18.5 Å². The Bertz CT molecular complexity index is 337. The highest BCUT2D eigenvalue weighted by atomic mass is 35.5. The van der Waals surface area contributed by atoms with Crippen molar-refractivity contribution in [2.45, 2.75) is 32.7 Å². The molecule has 0 saturated heterocycles. The van der Waals surface area contributed by atoms with Crippen molar-refractivity contribution in [2.24, 2.45) is 5.73 Å². The predicted octanol–water partition coefficient (Wildman–Crippen LogP) is 2.80. The van der Waals surface area contributed by atoms with Gasteiger partial charge in [0.25, 0.3) is 0 Å². The molecule has 0 aliphatic heterocycles. The van der Waals surface area contributed by atoms with Crippen molar-refractivity contribution < 1.29 is 4.74 Å². The fraction of sp³-hybridized carbons (Fsp3) is 0.500. The molecule has 1 aromatic rings. The van der Waals surface area contributed by atoms with E-state index in [4.69, 9.17) is 22.1 Å². The van der Waals surface area contributed by atoms with Crippen molar-refractivity contribution >= 4 is 11.6 Å². The van der Waals surface area contributed by atoms with E-state index in [1.165, 1.54) is 0 Å². The maximum Gasteiger partial charge on any atom is 0.125 e. The minimum Gasteiger partial charge on any atom is -0.496 e. The maximum atomic E-state index is 6.04. The molecule has 1 aromatic carbocycles. The average molecular weight is 228 g/mol. The van der Waals surface area contributed by atoms with Crippen LogP contribution in [-0.4, -0.2) is 13.2 Å². The van der Waals surface area contributed by atoms with Crippen molar-refractivity contribution in [1.82, 2.24) is 0 Å². The highest BCUT2D eigenvalue weighted by Crippen LogP contribution is 2.29. The predicted molar refractivity (Wildman–Crippen MR) is 64.7 cm³/mol. The van der Waals surface area contributed by atoms with Crippen LogP contribution in [0.3, 0.4) is 0 Å². The molecule has 0 aliphatic rings. The van der Waals surface area contributed by atoms with Gasteiger partial charge in [-0.2, -0.15) is 0 Å². The molecule has 84 valence electrons. The third-order valence-corrected chi connectivity index (χ3v) is 2.55. The lowest BCUT2D eigenvalue weighted by Crippen LogP contribution is -2.18. The Morgan fingerprint density at radius 3 is 2.47 bits per heavy atom. The van der Waals surface area contributed by atoms with Gasteiger partial charge in [0, 0.05) is 11.1 Å². The summed E-state index contributed by atoms with van der Waals surface area (Å²) in [5.74, 6) is 0.930. The molecule has 0 heterocycles. The summed E-state index contributed by atoms with van der Waals surface area (Å²) in [7, 11) is 1.69. The van der Waals surface area contributed by atoms with Crippen molar-refractivity contribution in [1.29, 1.82) is 0 Å². The molecule has 0 bridgehead atoms. The second-order valence-corrected chi connectivity index (χ2v) is 4.23. The number of benzene rings is 1. The van der Waals surface area contributed by atoms with Gasteiger partial charge in [0.05, 0.1) is 7.11 Å². The van der Waals surface area contributed by atoms with Gasteiger partial charge < -0.3 is 10.5 Å². The minimum absolute atomic E-state index is 0.113. The van der Waals surface area contributed by atoms with Crippen LogP contribution in [0.2, 0.25) is 5.02 Å². The summed E-state index contributed by atoms with van der Waals surface area (Å²) < 4.78 is 5.41. The van der Waals surface area contributed by atoms with Crippen molar-refractivity contribution in [3.8, 4) is 5.75 Å². The molecule has 0 spiro atoms. The lowest BCUT2D eigenvalue weighted by atomic mass is 10.0. The number of hydrogen-bond acceptors (Lipinski definition) is 2. The van der Waals surface area contributed by atoms with Gasteiger partial charge in [0.1, 0.15) is 5.75 Å². The SMILES string of the molecule is CCc1cc(Cl)cc(CC(C)N)c1OC. The fourth-order valence-electron chi connectivity index (χ4n) is 1.74. The topological polar surface area (TPSA) is 35.2 Å². The first kappa shape index (κ1) is 12.3. The third-order valence-electron chi connectivity index (χ3n) is 2.33. The fourth-order valence-corrected chi connectivity index (χ4v) is 2.00. The lowest BCUT2D eigenvalue weighted by molar-refractivity contribution is 0.403. The Labute approximate surface area is 96.4 Å². The molecule has 1 unspecified atom stereocenters. The molecule has 0 amide bonds. The summed E-state index contributed by atoms with van der Waals surface area (Å²) in [6.45, 7) is 4.07. The summed E-state index contributed by atoms with van der Waals surface area (Å²) in [6.07, 6.45) is 1.70. The molecule has 1 rings (SSSR count). The highest BCUT2D eigenvalue weighted by molar-refractivity contribution is 6.30. The Morgan fingerprint density at radius 2 is 2.00 bits per heavy atom. The van der Waals surface area contributed by atoms with Crippen LogP contribution in [-0.2, 0) is 12.8 Å². The molecule has 3 heteroatoms. The van der Waals surface area contributed by atoms with Crippen LogP contribution in [0.15, 0.2) is 12.1 Å². The van der Waals surface area contributed by atoms with Gasteiger partial charge in [-0.15, -0.1) is 0 Å². The van der Waals surface area contributed by atoms with Crippen LogP contribution < -0.4 is 10.5 Å². The maximum absolute atomic E-state index is 6.04. The smallest absolute Gasteiger partial charge is 0.125 e. The molecule has 0 saturated carbocycles. The van der Waals surface area contributed by atoms with Gasteiger partial charge in [0.2, 0.25) is 0 Å². The first-order valence-corrected chi connectivity index (χ1v) is 5.57. The lowest BCUT2D eigenvalue weighted by Gasteiger charge is -2.15. The second kappa shape index (κ2) is 5.38. The van der Waals surface area contributed by atoms with E-state index in [-0.39, 0.29) is 6.04 Å². The Morgan fingerprint density at radius 1 is 1.40 bits per heavy atom. The highest BCUT2D eigenvalue weighted by Gasteiger charge is 2.11. The number of aryl methyl sites for hydroxylation is 1. The summed E-state index contributed by atoms with van der Waals surface area (Å²) in [5.41, 5.74) is 8.02. The zero-order valence-corrected chi connectivity index (χ0v) is 10.3. The van der Waals surface area contributed by atoms with E-state index in [0.29, 0.717) is 0 Å². The monoisotopic (exact) mass is 227 g/mol. The van der Waals surface area contributed by atoms with E-state index in [0.717, 1.165) is 34.7 Å². The summed E-state index contributed by atoms with van der Waals surface area (Å²) in [4.78, 5) is 0. The molecule has 0 fully saturated rings. The minimum atomic E-state index is 0.113. The zero-order chi connectivity index (χ0) is 11.4. The summed E-state index contributed by atoms with van der Waals surface area (Å²) in [5, 5.41) is 0.753. The first-order valence-electron chi connectivity index (χ1n) is 5.19. The van der Waals surface area contributed by atoms with Crippen LogP contribution in [0.4, 0.5) is 0 Å². The van der Waals surface area contributed by atoms with E-state index in [9.17, 15) is 0 Å². The van der Waals surface area contributed by atoms with Crippen LogP contribution in [0.1, 0.15) is 25.0 Å². The number of ether oxygens (including phenoxy) is 1. The van der Waals surface area contributed by atoms with E-state index in [1.54, 1.807) is 7.11 Å². The molecule has 15 heavy (non-hydrogen) atoms. The molecule has 1 atom stereocenters. The van der Waals surface area contributed by atoms with E-state index in [1.807, 2.05) is 19.1 Å². The van der Waals surface area contributed by atoms with Crippen molar-refractivity contribution in [3.63, 3.8) is 0 Å². The van der Waals surface area contributed by atoms with Crippen LogP contribution >= 0.6 is 11.6 Å². The number of nitrogens with two attached hydrogens (primary N) is 1. The van der Waals surface area contributed by atoms with E-state index >= 15 is 0 Å². The Hall–Kier alpha value is -0.730. The molecule has 0 aliphatic carbocycles. The normalized spacial score (nSPS) is 12.6.